The third-order valence-corrected chi connectivity index (χ3v) is 3.95. The third kappa shape index (κ3) is 2.78. The van der Waals surface area contributed by atoms with Crippen LogP contribution in [0.15, 0.2) is 4.42 Å². The number of nitrogens with one attached hydrogen (secondary N) is 1. The summed E-state index contributed by atoms with van der Waals surface area (Å²) in [4.78, 5) is 0. The molecule has 2 rings (SSSR count). The third-order valence-electron chi connectivity index (χ3n) is 2.63. The van der Waals surface area contributed by atoms with Crippen LogP contribution in [0.3, 0.4) is 0 Å². The van der Waals surface area contributed by atoms with E-state index in [4.69, 9.17) is 16.0 Å². The van der Waals surface area contributed by atoms with Crippen molar-refractivity contribution in [1.82, 2.24) is 10.2 Å². The second kappa shape index (κ2) is 5.07. The van der Waals surface area contributed by atoms with Crippen molar-refractivity contribution in [2.75, 3.05) is 11.6 Å². The lowest BCUT2D eigenvalue weighted by atomic mass is 10.3. The van der Waals surface area contributed by atoms with E-state index in [2.05, 4.69) is 21.8 Å². The SMILES string of the molecule is CSC1CCC(Nc2nnc(CCl)o2)C1. The lowest BCUT2D eigenvalue weighted by Crippen LogP contribution is -2.16. The van der Waals surface area contributed by atoms with Crippen molar-refractivity contribution in [2.45, 2.75) is 36.4 Å². The minimum atomic E-state index is 0.271. The predicted molar refractivity (Wildman–Crippen MR) is 62.4 cm³/mol. The molecule has 1 saturated carbocycles. The number of hydrogen-bond donors (Lipinski definition) is 1. The van der Waals surface area contributed by atoms with Gasteiger partial charge in [0.25, 0.3) is 0 Å². The van der Waals surface area contributed by atoms with Gasteiger partial charge < -0.3 is 9.73 Å². The molecule has 0 amide bonds. The van der Waals surface area contributed by atoms with Crippen molar-refractivity contribution in [3.63, 3.8) is 0 Å². The Morgan fingerprint density at radius 3 is 3.00 bits per heavy atom. The first-order valence-corrected chi connectivity index (χ1v) is 6.81. The molecule has 1 aromatic heterocycles. The average molecular weight is 248 g/mol. The Kier molecular flexibility index (Phi) is 3.75. The van der Waals surface area contributed by atoms with Gasteiger partial charge in [-0.1, -0.05) is 5.10 Å². The summed E-state index contributed by atoms with van der Waals surface area (Å²) in [5.74, 6) is 0.742. The van der Waals surface area contributed by atoms with E-state index in [0.717, 1.165) is 5.25 Å². The van der Waals surface area contributed by atoms with Gasteiger partial charge in [0.1, 0.15) is 5.88 Å². The highest BCUT2D eigenvalue weighted by molar-refractivity contribution is 7.99. The van der Waals surface area contributed by atoms with Gasteiger partial charge >= 0.3 is 6.01 Å². The Morgan fingerprint density at radius 1 is 1.53 bits per heavy atom. The summed E-state index contributed by atoms with van der Waals surface area (Å²) in [7, 11) is 0. The molecule has 0 spiro atoms. The maximum atomic E-state index is 5.58. The fourth-order valence-electron chi connectivity index (χ4n) is 1.83. The quantitative estimate of drug-likeness (QED) is 0.829. The fraction of sp³-hybridized carbons (Fsp3) is 0.778. The lowest BCUT2D eigenvalue weighted by Gasteiger charge is -2.09. The van der Waals surface area contributed by atoms with Gasteiger partial charge in [0.05, 0.1) is 0 Å². The van der Waals surface area contributed by atoms with Gasteiger partial charge in [-0.15, -0.1) is 16.7 Å². The number of aromatic nitrogens is 2. The number of thioether (sulfide) groups is 1. The van der Waals surface area contributed by atoms with Gasteiger partial charge in [-0.05, 0) is 25.5 Å². The van der Waals surface area contributed by atoms with Crippen LogP contribution in [0, 0.1) is 0 Å². The number of anilines is 1. The number of nitrogens with zero attached hydrogens (tertiary/aromatic N) is 2. The van der Waals surface area contributed by atoms with Gasteiger partial charge in [-0.3, -0.25) is 0 Å². The first-order valence-electron chi connectivity index (χ1n) is 4.99. The van der Waals surface area contributed by atoms with E-state index in [1.54, 1.807) is 0 Å². The minimum Gasteiger partial charge on any atom is -0.407 e. The fourth-order valence-corrected chi connectivity index (χ4v) is 2.73. The van der Waals surface area contributed by atoms with Crippen LogP contribution < -0.4 is 5.32 Å². The van der Waals surface area contributed by atoms with Crippen molar-refractivity contribution in [3.05, 3.63) is 5.89 Å². The highest BCUT2D eigenvalue weighted by Crippen LogP contribution is 2.29. The van der Waals surface area contributed by atoms with E-state index in [-0.39, 0.29) is 5.88 Å². The summed E-state index contributed by atoms with van der Waals surface area (Å²) in [5.41, 5.74) is 0. The number of rotatable bonds is 4. The topological polar surface area (TPSA) is 51.0 Å². The molecule has 2 unspecified atom stereocenters. The molecule has 2 atom stereocenters. The van der Waals surface area contributed by atoms with Crippen molar-refractivity contribution >= 4 is 29.4 Å². The molecule has 15 heavy (non-hydrogen) atoms. The molecule has 1 aliphatic rings. The van der Waals surface area contributed by atoms with Crippen molar-refractivity contribution in [2.24, 2.45) is 0 Å². The van der Waals surface area contributed by atoms with E-state index in [0.29, 0.717) is 17.9 Å². The van der Waals surface area contributed by atoms with Crippen LogP contribution >= 0.6 is 23.4 Å². The van der Waals surface area contributed by atoms with Crippen LogP contribution in [0.5, 0.6) is 0 Å². The van der Waals surface area contributed by atoms with Crippen LogP contribution in [0.25, 0.3) is 0 Å². The Morgan fingerprint density at radius 2 is 2.40 bits per heavy atom. The normalized spacial score (nSPS) is 25.7. The standard InChI is InChI=1S/C9H14ClN3OS/c1-15-7-3-2-6(4-7)11-9-13-12-8(5-10)14-9/h6-7H,2-5H2,1H3,(H,11,13). The van der Waals surface area contributed by atoms with E-state index in [1.807, 2.05) is 11.8 Å². The maximum Gasteiger partial charge on any atom is 0.315 e. The van der Waals surface area contributed by atoms with Crippen LogP contribution in [0.4, 0.5) is 6.01 Å². The van der Waals surface area contributed by atoms with E-state index < -0.39 is 0 Å². The molecule has 0 aromatic carbocycles. The Balaban J connectivity index is 1.87. The Labute approximate surface area is 98.2 Å². The number of hydrogen-bond acceptors (Lipinski definition) is 5. The second-order valence-electron chi connectivity index (χ2n) is 3.65. The van der Waals surface area contributed by atoms with Crippen molar-refractivity contribution < 1.29 is 4.42 Å². The molecule has 0 radical (unpaired) electrons. The van der Waals surface area contributed by atoms with E-state index in [9.17, 15) is 0 Å². The lowest BCUT2D eigenvalue weighted by molar-refractivity contribution is 0.517. The van der Waals surface area contributed by atoms with Crippen LogP contribution in [0.1, 0.15) is 25.2 Å². The molecular formula is C9H14ClN3OS. The number of alkyl halides is 1. The first kappa shape index (κ1) is 11.1. The zero-order valence-corrected chi connectivity index (χ0v) is 10.1. The summed E-state index contributed by atoms with van der Waals surface area (Å²) in [6.45, 7) is 0. The molecule has 84 valence electrons. The van der Waals surface area contributed by atoms with Gasteiger partial charge in [0.15, 0.2) is 0 Å². The summed E-state index contributed by atoms with van der Waals surface area (Å²) >= 11 is 7.50. The van der Waals surface area contributed by atoms with Gasteiger partial charge in [-0.25, -0.2) is 0 Å². The molecular weight excluding hydrogens is 234 g/mol. The van der Waals surface area contributed by atoms with Crippen LogP contribution in [-0.4, -0.2) is 27.7 Å². The Hall–Kier alpha value is -0.420. The van der Waals surface area contributed by atoms with E-state index in [1.165, 1.54) is 19.3 Å². The largest absolute Gasteiger partial charge is 0.407 e. The monoisotopic (exact) mass is 247 g/mol. The van der Waals surface area contributed by atoms with E-state index >= 15 is 0 Å². The molecule has 1 N–H and O–H groups in total. The summed E-state index contributed by atoms with van der Waals surface area (Å²) in [5, 5.41) is 11.7. The average Bonchev–Trinajstić information content (AvgIpc) is 2.87. The van der Waals surface area contributed by atoms with Crippen LogP contribution in [0.2, 0.25) is 0 Å². The second-order valence-corrected chi connectivity index (χ2v) is 5.05. The summed E-state index contributed by atoms with van der Waals surface area (Å²) in [6.07, 6.45) is 5.75. The molecule has 1 aromatic rings. The number of halogens is 1. The Bertz CT molecular complexity index is 320. The zero-order valence-electron chi connectivity index (χ0n) is 8.57. The van der Waals surface area contributed by atoms with Gasteiger partial charge in [0, 0.05) is 11.3 Å². The molecule has 1 fully saturated rings. The summed E-state index contributed by atoms with van der Waals surface area (Å²) < 4.78 is 5.29. The zero-order chi connectivity index (χ0) is 10.7. The van der Waals surface area contributed by atoms with Gasteiger partial charge in [-0.2, -0.15) is 11.8 Å². The highest BCUT2D eigenvalue weighted by atomic mass is 35.5. The highest BCUT2D eigenvalue weighted by Gasteiger charge is 2.24. The van der Waals surface area contributed by atoms with Gasteiger partial charge in [0.2, 0.25) is 5.89 Å². The van der Waals surface area contributed by atoms with Crippen molar-refractivity contribution in [3.8, 4) is 0 Å². The summed E-state index contributed by atoms with van der Waals surface area (Å²) in [6, 6.07) is 0.962. The molecule has 0 saturated heterocycles. The molecule has 0 aliphatic heterocycles. The maximum absolute atomic E-state index is 5.58. The predicted octanol–water partition coefficient (Wildman–Crippen LogP) is 2.50. The smallest absolute Gasteiger partial charge is 0.315 e. The molecule has 6 heteroatoms. The van der Waals surface area contributed by atoms with Crippen molar-refractivity contribution in [1.29, 1.82) is 0 Å². The molecule has 1 heterocycles. The van der Waals surface area contributed by atoms with Crippen LogP contribution in [-0.2, 0) is 5.88 Å². The molecule has 4 nitrogen and oxygen atoms in total. The molecule has 0 bridgehead atoms. The minimum absolute atomic E-state index is 0.271. The molecule has 1 aliphatic carbocycles. The first-order chi connectivity index (χ1) is 7.31.